The molecule has 0 saturated carbocycles. The molecule has 210 valence electrons. The molecule has 2 heteroatoms. The molecule has 0 atom stereocenters. The third-order valence-corrected chi connectivity index (χ3v) is 8.99. The quantitative estimate of drug-likeness (QED) is 0.196. The van der Waals surface area contributed by atoms with Crippen molar-refractivity contribution in [3.05, 3.63) is 164 Å². The lowest BCUT2D eigenvalue weighted by Crippen LogP contribution is -1.95. The van der Waals surface area contributed by atoms with E-state index in [1.54, 1.807) is 0 Å². The lowest BCUT2D eigenvalue weighted by atomic mass is 9.81. The predicted molar refractivity (Wildman–Crippen MR) is 188 cm³/mol. The summed E-state index contributed by atoms with van der Waals surface area (Å²) < 4.78 is 6.21. The number of fused-ring (bicyclic) bond motifs is 5. The van der Waals surface area contributed by atoms with Crippen LogP contribution in [0.4, 0.5) is 0 Å². The Morgan fingerprint density at radius 3 is 1.58 bits per heavy atom. The molecule has 0 amide bonds. The molecule has 0 radical (unpaired) electrons. The predicted octanol–water partition coefficient (Wildman–Crippen LogP) is 12.0. The van der Waals surface area contributed by atoms with Gasteiger partial charge in [0, 0.05) is 23.2 Å². The molecule has 0 N–H and O–H groups in total. The molecule has 45 heavy (non-hydrogen) atoms. The van der Waals surface area contributed by atoms with Crippen molar-refractivity contribution in [2.24, 2.45) is 0 Å². The molecule has 0 aliphatic rings. The number of para-hydroxylation sites is 1. The van der Waals surface area contributed by atoms with Gasteiger partial charge in [-0.25, -0.2) is 0 Å². The van der Waals surface area contributed by atoms with Crippen molar-refractivity contribution >= 4 is 43.5 Å². The standard InChI is InChI=1S/C43H27NO/c1-2-11-29(12-3-1)41-34-14-4-6-16-36(34)43(37-17-7-5-15-35(37)41)42-31(28-23-25-44-26-24-28)18-10-19-32(42)30-21-22-40-38(27-30)33-13-8-9-20-39(33)45-40/h1-27H. The van der Waals surface area contributed by atoms with Gasteiger partial charge in [-0.1, -0.05) is 121 Å². The summed E-state index contributed by atoms with van der Waals surface area (Å²) >= 11 is 0. The van der Waals surface area contributed by atoms with Gasteiger partial charge < -0.3 is 4.42 Å². The van der Waals surface area contributed by atoms with Crippen LogP contribution in [0, 0.1) is 0 Å². The molecule has 7 aromatic carbocycles. The first kappa shape index (κ1) is 25.5. The van der Waals surface area contributed by atoms with Gasteiger partial charge in [-0.15, -0.1) is 0 Å². The Bertz CT molecular complexity index is 2470. The van der Waals surface area contributed by atoms with Gasteiger partial charge in [-0.3, -0.25) is 4.98 Å². The Hall–Kier alpha value is -5.99. The normalized spacial score (nSPS) is 11.6. The Kier molecular flexibility index (Phi) is 5.85. The fourth-order valence-corrected chi connectivity index (χ4v) is 7.04. The molecular weight excluding hydrogens is 546 g/mol. The lowest BCUT2D eigenvalue weighted by molar-refractivity contribution is 0.669. The summed E-state index contributed by atoms with van der Waals surface area (Å²) in [5.74, 6) is 0. The van der Waals surface area contributed by atoms with Crippen LogP contribution in [0.15, 0.2) is 168 Å². The Labute approximate surface area is 260 Å². The minimum atomic E-state index is 0.898. The van der Waals surface area contributed by atoms with Crippen molar-refractivity contribution in [2.75, 3.05) is 0 Å². The zero-order chi connectivity index (χ0) is 29.7. The Balaban J connectivity index is 1.44. The molecule has 0 unspecified atom stereocenters. The maximum Gasteiger partial charge on any atom is 0.135 e. The molecule has 0 aliphatic carbocycles. The van der Waals surface area contributed by atoms with Gasteiger partial charge in [0.25, 0.3) is 0 Å². The number of hydrogen-bond acceptors (Lipinski definition) is 2. The van der Waals surface area contributed by atoms with Crippen LogP contribution in [0.25, 0.3) is 88.0 Å². The number of rotatable bonds is 4. The molecule has 0 aliphatic heterocycles. The van der Waals surface area contributed by atoms with Crippen LogP contribution >= 0.6 is 0 Å². The van der Waals surface area contributed by atoms with Crippen LogP contribution < -0.4 is 0 Å². The molecule has 0 spiro atoms. The molecule has 0 saturated heterocycles. The van der Waals surface area contributed by atoms with E-state index in [4.69, 9.17) is 4.42 Å². The van der Waals surface area contributed by atoms with Crippen molar-refractivity contribution in [3.63, 3.8) is 0 Å². The molecule has 2 aromatic heterocycles. The highest BCUT2D eigenvalue weighted by Crippen LogP contribution is 2.49. The number of nitrogens with zero attached hydrogens (tertiary/aromatic N) is 1. The summed E-state index contributed by atoms with van der Waals surface area (Å²) in [6.45, 7) is 0. The highest BCUT2D eigenvalue weighted by molar-refractivity contribution is 6.24. The van der Waals surface area contributed by atoms with E-state index in [1.807, 2.05) is 24.5 Å². The summed E-state index contributed by atoms with van der Waals surface area (Å²) in [6.07, 6.45) is 3.76. The van der Waals surface area contributed by atoms with Gasteiger partial charge in [-0.2, -0.15) is 0 Å². The largest absolute Gasteiger partial charge is 0.456 e. The van der Waals surface area contributed by atoms with E-state index in [-0.39, 0.29) is 0 Å². The SMILES string of the molecule is c1ccc(-c2c3ccccc3c(-c3c(-c4ccncc4)cccc3-c3ccc4oc5ccccc5c4c3)c3ccccc23)cc1. The Morgan fingerprint density at radius 1 is 0.333 bits per heavy atom. The van der Waals surface area contributed by atoms with Gasteiger partial charge in [-0.05, 0) is 96.4 Å². The van der Waals surface area contributed by atoms with Crippen molar-refractivity contribution < 1.29 is 4.42 Å². The third kappa shape index (κ3) is 4.07. The molecule has 0 fully saturated rings. The van der Waals surface area contributed by atoms with Gasteiger partial charge in [0.15, 0.2) is 0 Å². The second-order valence-corrected chi connectivity index (χ2v) is 11.5. The Morgan fingerprint density at radius 2 is 0.889 bits per heavy atom. The maximum absolute atomic E-state index is 6.21. The lowest BCUT2D eigenvalue weighted by Gasteiger charge is -2.22. The number of aromatic nitrogens is 1. The zero-order valence-corrected chi connectivity index (χ0v) is 24.4. The first-order chi connectivity index (χ1) is 22.3. The van der Waals surface area contributed by atoms with E-state index >= 15 is 0 Å². The molecular formula is C43H27NO. The molecule has 9 aromatic rings. The summed E-state index contributed by atoms with van der Waals surface area (Å²) in [4.78, 5) is 4.35. The minimum Gasteiger partial charge on any atom is -0.456 e. The van der Waals surface area contributed by atoms with Crippen molar-refractivity contribution in [1.29, 1.82) is 0 Å². The monoisotopic (exact) mass is 573 g/mol. The average Bonchev–Trinajstić information content (AvgIpc) is 3.49. The van der Waals surface area contributed by atoms with Gasteiger partial charge >= 0.3 is 0 Å². The first-order valence-electron chi connectivity index (χ1n) is 15.3. The van der Waals surface area contributed by atoms with Crippen LogP contribution in [-0.4, -0.2) is 4.98 Å². The molecule has 2 heterocycles. The average molecular weight is 574 g/mol. The number of furan rings is 1. The van der Waals surface area contributed by atoms with E-state index in [1.165, 1.54) is 54.9 Å². The number of benzene rings is 7. The van der Waals surface area contributed by atoms with Crippen LogP contribution in [-0.2, 0) is 0 Å². The molecule has 9 rings (SSSR count). The number of hydrogen-bond donors (Lipinski definition) is 0. The highest BCUT2D eigenvalue weighted by atomic mass is 16.3. The number of pyridine rings is 1. The first-order valence-corrected chi connectivity index (χ1v) is 15.3. The topological polar surface area (TPSA) is 26.0 Å². The van der Waals surface area contributed by atoms with E-state index in [0.29, 0.717) is 0 Å². The minimum absolute atomic E-state index is 0.898. The fourth-order valence-electron chi connectivity index (χ4n) is 7.04. The second kappa shape index (κ2) is 10.3. The zero-order valence-electron chi connectivity index (χ0n) is 24.4. The van der Waals surface area contributed by atoms with Crippen molar-refractivity contribution in [3.8, 4) is 44.5 Å². The summed E-state index contributed by atoms with van der Waals surface area (Å²) in [7, 11) is 0. The van der Waals surface area contributed by atoms with Gasteiger partial charge in [0.2, 0.25) is 0 Å². The van der Waals surface area contributed by atoms with Crippen LogP contribution in [0.1, 0.15) is 0 Å². The van der Waals surface area contributed by atoms with E-state index in [9.17, 15) is 0 Å². The molecule has 2 nitrogen and oxygen atoms in total. The van der Waals surface area contributed by atoms with Crippen molar-refractivity contribution in [1.82, 2.24) is 4.98 Å². The summed E-state index contributed by atoms with van der Waals surface area (Å²) in [5, 5.41) is 7.19. The van der Waals surface area contributed by atoms with E-state index in [2.05, 4.69) is 145 Å². The van der Waals surface area contributed by atoms with Crippen LogP contribution in [0.5, 0.6) is 0 Å². The van der Waals surface area contributed by atoms with Gasteiger partial charge in [0.05, 0.1) is 0 Å². The van der Waals surface area contributed by atoms with E-state index in [0.717, 1.165) is 33.1 Å². The highest BCUT2D eigenvalue weighted by Gasteiger charge is 2.22. The van der Waals surface area contributed by atoms with Crippen LogP contribution in [0.3, 0.4) is 0 Å². The fraction of sp³-hybridized carbons (Fsp3) is 0. The summed E-state index contributed by atoms with van der Waals surface area (Å²) in [5.41, 5.74) is 11.4. The van der Waals surface area contributed by atoms with Crippen LogP contribution in [0.2, 0.25) is 0 Å². The van der Waals surface area contributed by atoms with Gasteiger partial charge in [0.1, 0.15) is 11.2 Å². The third-order valence-electron chi connectivity index (χ3n) is 8.99. The van der Waals surface area contributed by atoms with E-state index < -0.39 is 0 Å². The maximum atomic E-state index is 6.21. The molecule has 0 bridgehead atoms. The van der Waals surface area contributed by atoms with Crippen molar-refractivity contribution in [2.45, 2.75) is 0 Å². The second-order valence-electron chi connectivity index (χ2n) is 11.5. The summed E-state index contributed by atoms with van der Waals surface area (Å²) in [6, 6.07) is 54.3. The smallest absolute Gasteiger partial charge is 0.135 e.